The number of aryl methyl sites for hydroxylation is 2. The monoisotopic (exact) mass is 234 g/mol. The van der Waals surface area contributed by atoms with E-state index in [2.05, 4.69) is 5.32 Å². The molecular formula is C13H18N2O2. The van der Waals surface area contributed by atoms with Crippen LogP contribution in [0.2, 0.25) is 0 Å². The Hall–Kier alpha value is -1.55. The average molecular weight is 234 g/mol. The fraction of sp³-hybridized carbons (Fsp3) is 0.462. The van der Waals surface area contributed by atoms with Gasteiger partial charge in [0, 0.05) is 6.61 Å². The van der Waals surface area contributed by atoms with Crippen LogP contribution in [0.4, 0.5) is 11.4 Å². The summed E-state index contributed by atoms with van der Waals surface area (Å²) < 4.78 is 5.33. The van der Waals surface area contributed by atoms with E-state index in [9.17, 15) is 4.79 Å². The normalized spacial score (nSPS) is 19.3. The molecule has 1 saturated heterocycles. The molecule has 1 aromatic carbocycles. The predicted octanol–water partition coefficient (Wildman–Crippen LogP) is 2.00. The minimum atomic E-state index is -0.323. The lowest BCUT2D eigenvalue weighted by atomic mass is 10.1. The first-order chi connectivity index (χ1) is 8.08. The van der Waals surface area contributed by atoms with E-state index in [1.54, 1.807) is 0 Å². The van der Waals surface area contributed by atoms with Gasteiger partial charge in [-0.3, -0.25) is 4.79 Å². The number of anilines is 2. The number of nitrogens with two attached hydrogens (primary N) is 1. The van der Waals surface area contributed by atoms with Crippen LogP contribution in [0.1, 0.15) is 24.0 Å². The molecule has 0 spiro atoms. The number of hydrogen-bond acceptors (Lipinski definition) is 3. The van der Waals surface area contributed by atoms with Crippen LogP contribution in [-0.2, 0) is 9.53 Å². The van der Waals surface area contributed by atoms with Crippen molar-refractivity contribution in [3.8, 4) is 0 Å². The van der Waals surface area contributed by atoms with Gasteiger partial charge in [-0.15, -0.1) is 0 Å². The standard InChI is InChI=1S/C13H18N2O2/c1-8-6-10(14)11(7-9(8)2)15-13(16)12-4-3-5-17-12/h6-7,12H,3-5,14H2,1-2H3,(H,15,16)/t12-/m0/s1. The highest BCUT2D eigenvalue weighted by Gasteiger charge is 2.24. The van der Waals surface area contributed by atoms with Crippen LogP contribution < -0.4 is 11.1 Å². The third-order valence-corrected chi connectivity index (χ3v) is 3.15. The molecule has 3 N–H and O–H groups in total. The van der Waals surface area contributed by atoms with Crippen molar-refractivity contribution in [2.45, 2.75) is 32.8 Å². The lowest BCUT2D eigenvalue weighted by Crippen LogP contribution is -2.27. The average Bonchev–Trinajstić information content (AvgIpc) is 2.79. The van der Waals surface area contributed by atoms with Crippen molar-refractivity contribution < 1.29 is 9.53 Å². The van der Waals surface area contributed by atoms with Crippen LogP contribution in [0.25, 0.3) is 0 Å². The Morgan fingerprint density at radius 3 is 2.76 bits per heavy atom. The molecule has 0 bridgehead atoms. The van der Waals surface area contributed by atoms with E-state index in [1.165, 1.54) is 0 Å². The summed E-state index contributed by atoms with van der Waals surface area (Å²) in [5, 5.41) is 2.83. The van der Waals surface area contributed by atoms with Crippen molar-refractivity contribution in [3.63, 3.8) is 0 Å². The quantitative estimate of drug-likeness (QED) is 0.769. The van der Waals surface area contributed by atoms with Gasteiger partial charge >= 0.3 is 0 Å². The second kappa shape index (κ2) is 4.75. The number of hydrogen-bond donors (Lipinski definition) is 2. The maximum Gasteiger partial charge on any atom is 0.253 e. The Balaban J connectivity index is 2.12. The number of benzene rings is 1. The smallest absolute Gasteiger partial charge is 0.253 e. The molecule has 4 heteroatoms. The minimum absolute atomic E-state index is 0.0996. The highest BCUT2D eigenvalue weighted by atomic mass is 16.5. The van der Waals surface area contributed by atoms with Crippen LogP contribution in [0.15, 0.2) is 12.1 Å². The number of ether oxygens (including phenoxy) is 1. The molecule has 1 aromatic rings. The Kier molecular flexibility index (Phi) is 3.33. The molecule has 1 atom stereocenters. The Labute approximate surface area is 101 Å². The van der Waals surface area contributed by atoms with Gasteiger partial charge in [0.25, 0.3) is 5.91 Å². The topological polar surface area (TPSA) is 64.3 Å². The van der Waals surface area contributed by atoms with E-state index in [1.807, 2.05) is 26.0 Å². The fourth-order valence-corrected chi connectivity index (χ4v) is 1.94. The van der Waals surface area contributed by atoms with Crippen LogP contribution in [0.5, 0.6) is 0 Å². The third-order valence-electron chi connectivity index (χ3n) is 3.15. The second-order valence-electron chi connectivity index (χ2n) is 4.51. The maximum absolute atomic E-state index is 11.9. The number of carbonyl (C=O) groups is 1. The van der Waals surface area contributed by atoms with Crippen molar-refractivity contribution in [3.05, 3.63) is 23.3 Å². The van der Waals surface area contributed by atoms with E-state index in [0.29, 0.717) is 18.0 Å². The summed E-state index contributed by atoms with van der Waals surface area (Å²) in [4.78, 5) is 11.9. The van der Waals surface area contributed by atoms with Gasteiger partial charge in [0.15, 0.2) is 0 Å². The molecule has 4 nitrogen and oxygen atoms in total. The summed E-state index contributed by atoms with van der Waals surface area (Å²) in [5.41, 5.74) is 9.39. The summed E-state index contributed by atoms with van der Waals surface area (Å²) in [7, 11) is 0. The van der Waals surface area contributed by atoms with Crippen molar-refractivity contribution >= 4 is 17.3 Å². The van der Waals surface area contributed by atoms with Gasteiger partial charge in [-0.1, -0.05) is 0 Å². The number of amides is 1. The van der Waals surface area contributed by atoms with Crippen molar-refractivity contribution in [1.82, 2.24) is 0 Å². The number of rotatable bonds is 2. The summed E-state index contributed by atoms with van der Waals surface area (Å²) in [6, 6.07) is 3.78. The molecule has 0 saturated carbocycles. The first-order valence-electron chi connectivity index (χ1n) is 5.87. The molecule has 17 heavy (non-hydrogen) atoms. The van der Waals surface area contributed by atoms with E-state index in [0.717, 1.165) is 24.0 Å². The van der Waals surface area contributed by atoms with Crippen molar-refractivity contribution in [2.75, 3.05) is 17.7 Å². The van der Waals surface area contributed by atoms with E-state index in [4.69, 9.17) is 10.5 Å². The second-order valence-corrected chi connectivity index (χ2v) is 4.51. The molecule has 0 aromatic heterocycles. The lowest BCUT2D eigenvalue weighted by molar-refractivity contribution is -0.124. The van der Waals surface area contributed by atoms with E-state index >= 15 is 0 Å². The molecule has 1 aliphatic heterocycles. The van der Waals surface area contributed by atoms with E-state index < -0.39 is 0 Å². The van der Waals surface area contributed by atoms with E-state index in [-0.39, 0.29) is 12.0 Å². The minimum Gasteiger partial charge on any atom is -0.397 e. The zero-order chi connectivity index (χ0) is 12.4. The summed E-state index contributed by atoms with van der Waals surface area (Å²) in [6.45, 7) is 4.66. The van der Waals surface area contributed by atoms with Gasteiger partial charge in [-0.05, 0) is 49.9 Å². The zero-order valence-electron chi connectivity index (χ0n) is 10.2. The lowest BCUT2D eigenvalue weighted by Gasteiger charge is -2.13. The van der Waals surface area contributed by atoms with Gasteiger partial charge in [0.1, 0.15) is 6.10 Å². The summed E-state index contributed by atoms with van der Waals surface area (Å²) in [6.07, 6.45) is 1.41. The molecule has 0 unspecified atom stereocenters. The molecule has 0 radical (unpaired) electrons. The number of carbonyl (C=O) groups excluding carboxylic acids is 1. The van der Waals surface area contributed by atoms with Crippen LogP contribution >= 0.6 is 0 Å². The van der Waals surface area contributed by atoms with Gasteiger partial charge in [0.2, 0.25) is 0 Å². The molecule has 0 aliphatic carbocycles. The fourth-order valence-electron chi connectivity index (χ4n) is 1.94. The Morgan fingerprint density at radius 2 is 2.12 bits per heavy atom. The molecular weight excluding hydrogens is 216 g/mol. The van der Waals surface area contributed by atoms with Gasteiger partial charge in [-0.25, -0.2) is 0 Å². The third kappa shape index (κ3) is 2.58. The molecule has 1 amide bonds. The van der Waals surface area contributed by atoms with Gasteiger partial charge < -0.3 is 15.8 Å². The number of nitrogen functional groups attached to an aromatic ring is 1. The summed E-state index contributed by atoms with van der Waals surface area (Å²) >= 11 is 0. The van der Waals surface area contributed by atoms with Gasteiger partial charge in [-0.2, -0.15) is 0 Å². The zero-order valence-corrected chi connectivity index (χ0v) is 10.2. The Bertz CT molecular complexity index is 437. The maximum atomic E-state index is 11.9. The first kappa shape index (κ1) is 11.9. The highest BCUT2D eigenvalue weighted by Crippen LogP contribution is 2.24. The molecule has 1 heterocycles. The largest absolute Gasteiger partial charge is 0.397 e. The molecule has 1 aliphatic rings. The van der Waals surface area contributed by atoms with Crippen molar-refractivity contribution in [2.24, 2.45) is 0 Å². The first-order valence-corrected chi connectivity index (χ1v) is 5.87. The summed E-state index contributed by atoms with van der Waals surface area (Å²) in [5.74, 6) is -0.0996. The van der Waals surface area contributed by atoms with Crippen LogP contribution in [0, 0.1) is 13.8 Å². The van der Waals surface area contributed by atoms with Crippen molar-refractivity contribution in [1.29, 1.82) is 0 Å². The van der Waals surface area contributed by atoms with Crippen LogP contribution in [-0.4, -0.2) is 18.6 Å². The van der Waals surface area contributed by atoms with Crippen LogP contribution in [0.3, 0.4) is 0 Å². The predicted molar refractivity (Wildman–Crippen MR) is 67.9 cm³/mol. The SMILES string of the molecule is Cc1cc(N)c(NC(=O)[C@@H]2CCCO2)cc1C. The van der Waals surface area contributed by atoms with Gasteiger partial charge in [0.05, 0.1) is 11.4 Å². The number of nitrogens with one attached hydrogen (secondary N) is 1. The molecule has 92 valence electrons. The Morgan fingerprint density at radius 1 is 1.41 bits per heavy atom. The molecule has 1 fully saturated rings. The highest BCUT2D eigenvalue weighted by molar-refractivity contribution is 5.97. The molecule has 2 rings (SSSR count).